The van der Waals surface area contributed by atoms with Gasteiger partial charge in [0.05, 0.1) is 22.0 Å². The van der Waals surface area contributed by atoms with E-state index in [1.165, 1.54) is 44.5 Å². The van der Waals surface area contributed by atoms with Crippen molar-refractivity contribution in [3.8, 4) is 99.9 Å². The largest absolute Gasteiger partial charge is 0.457 e. The number of fused-ring (bicyclic) bond motifs is 19. The molecule has 13 aromatic rings. The Morgan fingerprint density at radius 3 is 1.47 bits per heavy atom. The average molecular weight is 1030 g/mol. The van der Waals surface area contributed by atoms with Crippen LogP contribution < -0.4 is 9.47 Å². The average Bonchev–Trinajstić information content (AvgIpc) is 2.91. The third-order valence-electron chi connectivity index (χ3n) is 17.0. The number of aromatic nitrogens is 3. The van der Waals surface area contributed by atoms with Crippen LogP contribution in [0.25, 0.3) is 87.8 Å². The van der Waals surface area contributed by atoms with Gasteiger partial charge in [-0.15, -0.1) is 10.2 Å². The molecule has 0 bridgehead atoms. The van der Waals surface area contributed by atoms with E-state index in [1.807, 2.05) is 18.2 Å². The predicted octanol–water partition coefficient (Wildman–Crippen LogP) is 18.4. The Balaban J connectivity index is 0.778. The van der Waals surface area contributed by atoms with Crippen LogP contribution in [0.3, 0.4) is 0 Å². The van der Waals surface area contributed by atoms with E-state index < -0.39 is 10.8 Å². The number of ether oxygens (including phenoxy) is 2. The summed E-state index contributed by atoms with van der Waals surface area (Å²) in [5.74, 6) is 3.38. The number of nitrogens with zero attached hydrogens (tertiary/aromatic N) is 3. The Morgan fingerprint density at radius 2 is 0.759 bits per heavy atom. The zero-order valence-corrected chi connectivity index (χ0v) is 43.2. The van der Waals surface area contributed by atoms with E-state index in [2.05, 4.69) is 253 Å². The second-order valence-electron chi connectivity index (χ2n) is 20.9. The summed E-state index contributed by atoms with van der Waals surface area (Å²) >= 11 is 1.59. The van der Waals surface area contributed by atoms with Crippen LogP contribution >= 0.6 is 11.3 Å². The lowest BCUT2D eigenvalue weighted by atomic mass is 9.66. The molecular weight excluding hydrogens is 983 g/mol. The van der Waals surface area contributed by atoms with E-state index in [0.717, 1.165) is 111 Å². The minimum Gasteiger partial charge on any atom is -0.457 e. The first-order valence-corrected chi connectivity index (χ1v) is 27.6. The first-order valence-electron chi connectivity index (χ1n) is 26.8. The summed E-state index contributed by atoms with van der Waals surface area (Å²) < 4.78 is 13.9. The van der Waals surface area contributed by atoms with Crippen molar-refractivity contribution in [3.63, 3.8) is 0 Å². The quantitative estimate of drug-likeness (QED) is 0.172. The molecule has 4 aliphatic rings. The van der Waals surface area contributed by atoms with E-state index in [9.17, 15) is 0 Å². The van der Waals surface area contributed by atoms with E-state index in [4.69, 9.17) is 14.5 Å². The van der Waals surface area contributed by atoms with Crippen molar-refractivity contribution in [1.29, 1.82) is 0 Å². The highest BCUT2D eigenvalue weighted by Gasteiger charge is 2.53. The summed E-state index contributed by atoms with van der Waals surface area (Å²) in [5.41, 5.74) is 22.6. The zero-order valence-electron chi connectivity index (χ0n) is 42.4. The van der Waals surface area contributed by atoms with Gasteiger partial charge in [0.1, 0.15) is 33.0 Å². The van der Waals surface area contributed by atoms with Crippen LogP contribution in [0.1, 0.15) is 44.5 Å². The molecule has 0 saturated heterocycles. The third kappa shape index (κ3) is 6.17. The van der Waals surface area contributed by atoms with Gasteiger partial charge in [-0.25, -0.2) is 4.98 Å². The zero-order chi connectivity index (χ0) is 51.8. The first kappa shape index (κ1) is 44.2. The van der Waals surface area contributed by atoms with E-state index in [-0.39, 0.29) is 0 Å². The summed E-state index contributed by atoms with van der Waals surface area (Å²) in [6, 6.07) is 93.9. The van der Waals surface area contributed by atoms with Gasteiger partial charge in [0.25, 0.3) is 0 Å². The lowest BCUT2D eigenvalue weighted by molar-refractivity contribution is 0.436. The molecular formula is C73H43N3O2S. The molecule has 79 heavy (non-hydrogen) atoms. The number of benzene rings is 11. The number of hydrogen-bond donors (Lipinski definition) is 0. The Morgan fingerprint density at radius 1 is 0.291 bits per heavy atom. The van der Waals surface area contributed by atoms with Gasteiger partial charge in [0, 0.05) is 49.9 Å². The fourth-order valence-electron chi connectivity index (χ4n) is 13.8. The van der Waals surface area contributed by atoms with Crippen LogP contribution in [0.4, 0.5) is 0 Å². The second-order valence-corrected chi connectivity index (χ2v) is 21.9. The predicted molar refractivity (Wildman–Crippen MR) is 317 cm³/mol. The number of hydrogen-bond acceptors (Lipinski definition) is 6. The summed E-state index contributed by atoms with van der Waals surface area (Å²) in [4.78, 5) is 5.55. The van der Waals surface area contributed by atoms with Gasteiger partial charge in [-0.1, -0.05) is 236 Å². The molecule has 2 aliphatic heterocycles. The van der Waals surface area contributed by atoms with E-state index >= 15 is 0 Å². The standard InChI is InChI=1S/C73H43N3O2S/c1-2-17-45(18-3-1)70-75-76-71(79-70)49-36-39-61-67(43-49)78-65-34-13-11-31-59(65)73(61)57-29-9-6-24-54(57)68-50(25-16-32-62(68)73)46-20-14-21-48(41-46)63-40-37-44-19-15-26-51(69(44)74-63)47-35-38-60-66(42-47)77-64-33-12-10-30-58(64)72(60)55-27-7-4-22-52(55)53-23-5-8-28-56(53)72/h1-43H. The Kier molecular flexibility index (Phi) is 9.36. The van der Waals surface area contributed by atoms with Crippen molar-refractivity contribution < 1.29 is 9.47 Å². The van der Waals surface area contributed by atoms with Crippen molar-refractivity contribution in [3.05, 3.63) is 305 Å². The van der Waals surface area contributed by atoms with Crippen molar-refractivity contribution in [2.24, 2.45) is 0 Å². The number of para-hydroxylation sites is 3. The molecule has 1 atom stereocenters. The van der Waals surface area contributed by atoms with Gasteiger partial charge in [0.2, 0.25) is 0 Å². The lowest BCUT2D eigenvalue weighted by Crippen LogP contribution is -2.32. The molecule has 11 aromatic carbocycles. The molecule has 0 saturated carbocycles. The van der Waals surface area contributed by atoms with Crippen LogP contribution in [0, 0.1) is 0 Å². The van der Waals surface area contributed by atoms with Crippen molar-refractivity contribution in [2.45, 2.75) is 10.8 Å². The maximum atomic E-state index is 6.95. The van der Waals surface area contributed by atoms with Gasteiger partial charge < -0.3 is 9.47 Å². The van der Waals surface area contributed by atoms with Crippen LogP contribution in [0.15, 0.2) is 261 Å². The van der Waals surface area contributed by atoms with Crippen LogP contribution in [0.5, 0.6) is 23.0 Å². The molecule has 5 nitrogen and oxygen atoms in total. The second kappa shape index (κ2) is 16.7. The van der Waals surface area contributed by atoms with Crippen LogP contribution in [-0.2, 0) is 10.8 Å². The molecule has 1 unspecified atom stereocenters. The monoisotopic (exact) mass is 1030 g/mol. The maximum Gasteiger partial charge on any atom is 0.148 e. The molecule has 2 spiro atoms. The van der Waals surface area contributed by atoms with Crippen molar-refractivity contribution in [1.82, 2.24) is 15.2 Å². The number of rotatable bonds is 5. The minimum absolute atomic E-state index is 0.523. The van der Waals surface area contributed by atoms with Crippen LogP contribution in [-0.4, -0.2) is 15.2 Å². The van der Waals surface area contributed by atoms with E-state index in [0.29, 0.717) is 0 Å². The van der Waals surface area contributed by atoms with Crippen molar-refractivity contribution in [2.75, 3.05) is 0 Å². The Bertz CT molecular complexity index is 4670. The van der Waals surface area contributed by atoms with Crippen molar-refractivity contribution >= 4 is 22.2 Å². The molecule has 0 amide bonds. The molecule has 0 fully saturated rings. The molecule has 6 heteroatoms. The molecule has 2 aromatic heterocycles. The Labute approximate surface area is 460 Å². The normalized spacial score (nSPS) is 15.2. The highest BCUT2D eigenvalue weighted by molar-refractivity contribution is 7.17. The summed E-state index contributed by atoms with van der Waals surface area (Å²) in [7, 11) is 0. The maximum absolute atomic E-state index is 6.95. The molecule has 17 rings (SSSR count). The SMILES string of the molecule is c1ccc(-c2nnc(-c3ccc4c(c3)Oc3ccccc3C43c4ccccc4-c4c(-c5cccc(-c6ccc7cccc(-c8ccc9c(c8)Oc8ccccc8C98c9ccccc9-c9ccccc98)c7n6)c5)cccc43)s2)cc1. The van der Waals surface area contributed by atoms with Gasteiger partial charge in [-0.05, 0) is 97.6 Å². The van der Waals surface area contributed by atoms with Gasteiger partial charge in [-0.2, -0.15) is 0 Å². The Hall–Kier alpha value is -10.0. The summed E-state index contributed by atoms with van der Waals surface area (Å²) in [5, 5.41) is 12.1. The molecule has 2 aliphatic carbocycles. The highest BCUT2D eigenvalue weighted by atomic mass is 32.1. The summed E-state index contributed by atoms with van der Waals surface area (Å²) in [6.45, 7) is 0. The third-order valence-corrected chi connectivity index (χ3v) is 18.0. The van der Waals surface area contributed by atoms with E-state index in [1.54, 1.807) is 11.3 Å². The van der Waals surface area contributed by atoms with Gasteiger partial charge >= 0.3 is 0 Å². The fourth-order valence-corrected chi connectivity index (χ4v) is 14.6. The summed E-state index contributed by atoms with van der Waals surface area (Å²) in [6.07, 6.45) is 0. The molecule has 4 heterocycles. The smallest absolute Gasteiger partial charge is 0.148 e. The number of pyridine rings is 1. The molecule has 0 radical (unpaired) electrons. The minimum atomic E-state index is -0.646. The fraction of sp³-hybridized carbons (Fsp3) is 0.0274. The molecule has 0 N–H and O–H groups in total. The first-order chi connectivity index (χ1) is 39.1. The van der Waals surface area contributed by atoms with Crippen LogP contribution in [0.2, 0.25) is 0 Å². The lowest BCUT2D eigenvalue weighted by Gasteiger charge is -2.39. The van der Waals surface area contributed by atoms with Gasteiger partial charge in [-0.3, -0.25) is 0 Å². The topological polar surface area (TPSA) is 57.1 Å². The van der Waals surface area contributed by atoms with Gasteiger partial charge in [0.15, 0.2) is 0 Å². The highest BCUT2D eigenvalue weighted by Crippen LogP contribution is 2.65. The molecule has 368 valence electrons.